The summed E-state index contributed by atoms with van der Waals surface area (Å²) in [6.07, 6.45) is 3.57. The highest BCUT2D eigenvalue weighted by Gasteiger charge is 2.12. The van der Waals surface area contributed by atoms with E-state index in [4.69, 9.17) is 16.3 Å². The Morgan fingerprint density at radius 3 is 2.81 bits per heavy atom. The molecule has 3 rings (SSSR count). The van der Waals surface area contributed by atoms with Gasteiger partial charge >= 0.3 is 0 Å². The van der Waals surface area contributed by atoms with Crippen LogP contribution in [-0.4, -0.2) is 25.5 Å². The van der Waals surface area contributed by atoms with Crippen molar-refractivity contribution in [3.8, 4) is 5.75 Å². The number of carbonyl (C=O) groups excluding carboxylic acids is 1. The van der Waals surface area contributed by atoms with Gasteiger partial charge in [-0.2, -0.15) is 10.2 Å². The number of hydrogen-bond acceptors (Lipinski definition) is 4. The molecule has 1 N–H and O–H groups in total. The lowest BCUT2D eigenvalue weighted by molar-refractivity contribution is 0.0943. The molecule has 1 amide bonds. The van der Waals surface area contributed by atoms with Crippen LogP contribution in [0.2, 0.25) is 5.02 Å². The lowest BCUT2D eigenvalue weighted by Gasteiger charge is -2.07. The molecule has 1 aromatic carbocycles. The number of benzene rings is 1. The number of carbonyl (C=O) groups is 1. The predicted molar refractivity (Wildman–Crippen MR) is 106 cm³/mol. The first kappa shape index (κ1) is 19.4. The fourth-order valence-electron chi connectivity index (χ4n) is 2.38. The third-order valence-electron chi connectivity index (χ3n) is 3.89. The molecule has 27 heavy (non-hydrogen) atoms. The molecule has 0 fully saturated rings. The fourth-order valence-corrected chi connectivity index (χ4v) is 2.95. The summed E-state index contributed by atoms with van der Waals surface area (Å²) in [7, 11) is 0. The Hall–Kier alpha value is -2.32. The maximum absolute atomic E-state index is 12.3. The zero-order chi connectivity index (χ0) is 19.4. The molecule has 0 aliphatic carbocycles. The molecule has 0 saturated carbocycles. The van der Waals surface area contributed by atoms with E-state index in [9.17, 15) is 4.79 Å². The Labute approximate surface area is 170 Å². The first-order valence-corrected chi connectivity index (χ1v) is 9.55. The number of rotatable bonds is 7. The maximum Gasteiger partial charge on any atom is 0.272 e. The smallest absolute Gasteiger partial charge is 0.272 e. The maximum atomic E-state index is 12.3. The van der Waals surface area contributed by atoms with Crippen LogP contribution in [0.4, 0.5) is 0 Å². The molecule has 2 heterocycles. The SMILES string of the molecule is CCn1cc(Br)c(CNC(=O)c2ccn(COc3ccc(Cl)c(C)c3)n2)n1. The van der Waals surface area contributed by atoms with Crippen molar-refractivity contribution in [2.24, 2.45) is 0 Å². The van der Waals surface area contributed by atoms with Crippen molar-refractivity contribution in [3.05, 3.63) is 63.1 Å². The number of nitrogens with one attached hydrogen (secondary N) is 1. The van der Waals surface area contributed by atoms with Crippen molar-refractivity contribution in [2.75, 3.05) is 0 Å². The van der Waals surface area contributed by atoms with Gasteiger partial charge in [-0.15, -0.1) is 0 Å². The molecule has 0 aliphatic heterocycles. The standard InChI is InChI=1S/C18H19BrClN5O2/c1-3-24-10-14(19)17(23-24)9-21-18(26)16-6-7-25(22-16)11-27-13-4-5-15(20)12(2)8-13/h4-8,10H,3,9,11H2,1-2H3,(H,21,26). The van der Waals surface area contributed by atoms with Gasteiger partial charge in [0.2, 0.25) is 0 Å². The second-order valence-electron chi connectivity index (χ2n) is 5.89. The number of halogens is 2. The van der Waals surface area contributed by atoms with Gasteiger partial charge in [-0.1, -0.05) is 11.6 Å². The van der Waals surface area contributed by atoms with Crippen molar-refractivity contribution in [1.82, 2.24) is 24.9 Å². The number of hydrogen-bond donors (Lipinski definition) is 1. The zero-order valence-corrected chi connectivity index (χ0v) is 17.3. The Balaban J connectivity index is 1.55. The van der Waals surface area contributed by atoms with Gasteiger partial charge in [0, 0.05) is 24.0 Å². The van der Waals surface area contributed by atoms with Crippen LogP contribution >= 0.6 is 27.5 Å². The molecule has 2 aromatic heterocycles. The molecule has 0 radical (unpaired) electrons. The van der Waals surface area contributed by atoms with Gasteiger partial charge < -0.3 is 10.1 Å². The summed E-state index contributed by atoms with van der Waals surface area (Å²) in [6.45, 7) is 5.19. The first-order valence-electron chi connectivity index (χ1n) is 8.38. The number of aryl methyl sites for hydroxylation is 2. The Morgan fingerprint density at radius 2 is 2.11 bits per heavy atom. The number of nitrogens with zero attached hydrogens (tertiary/aromatic N) is 4. The average Bonchev–Trinajstić information content (AvgIpc) is 3.27. The number of ether oxygens (including phenoxy) is 1. The van der Waals surface area contributed by atoms with Crippen LogP contribution in [0.3, 0.4) is 0 Å². The van der Waals surface area contributed by atoms with Crippen LogP contribution in [0.25, 0.3) is 0 Å². The van der Waals surface area contributed by atoms with Crippen LogP contribution in [0, 0.1) is 6.92 Å². The van der Waals surface area contributed by atoms with E-state index in [2.05, 4.69) is 31.4 Å². The van der Waals surface area contributed by atoms with Gasteiger partial charge in [0.15, 0.2) is 6.73 Å². The van der Waals surface area contributed by atoms with E-state index in [0.29, 0.717) is 23.0 Å². The van der Waals surface area contributed by atoms with E-state index in [1.807, 2.05) is 26.1 Å². The minimum Gasteiger partial charge on any atom is -0.471 e. The second-order valence-corrected chi connectivity index (χ2v) is 7.15. The summed E-state index contributed by atoms with van der Waals surface area (Å²) in [5.74, 6) is 0.420. The summed E-state index contributed by atoms with van der Waals surface area (Å²) in [6, 6.07) is 7.07. The zero-order valence-electron chi connectivity index (χ0n) is 14.9. The van der Waals surface area contributed by atoms with E-state index in [0.717, 1.165) is 22.3 Å². The van der Waals surface area contributed by atoms with Gasteiger partial charge in [0.25, 0.3) is 5.91 Å². The molecule has 0 aliphatic rings. The third kappa shape index (κ3) is 4.90. The first-order chi connectivity index (χ1) is 13.0. The molecule has 0 spiro atoms. The molecule has 0 unspecified atom stereocenters. The number of amides is 1. The van der Waals surface area contributed by atoms with Crippen LogP contribution in [0.1, 0.15) is 28.7 Å². The Kier molecular flexibility index (Phi) is 6.18. The van der Waals surface area contributed by atoms with Gasteiger partial charge in [0.1, 0.15) is 11.4 Å². The minimum atomic E-state index is -0.269. The van der Waals surface area contributed by atoms with Crippen molar-refractivity contribution >= 4 is 33.4 Å². The summed E-state index contributed by atoms with van der Waals surface area (Å²) < 4.78 is 9.89. The van der Waals surface area contributed by atoms with Crippen LogP contribution in [-0.2, 0) is 19.8 Å². The second kappa shape index (κ2) is 8.58. The summed E-state index contributed by atoms with van der Waals surface area (Å²) in [5.41, 5.74) is 2.02. The fraction of sp³-hybridized carbons (Fsp3) is 0.278. The van der Waals surface area contributed by atoms with Crippen LogP contribution < -0.4 is 10.1 Å². The molecule has 142 valence electrons. The predicted octanol–water partition coefficient (Wildman–Crippen LogP) is 3.79. The Morgan fingerprint density at radius 1 is 1.30 bits per heavy atom. The van der Waals surface area contributed by atoms with E-state index in [-0.39, 0.29) is 12.6 Å². The van der Waals surface area contributed by atoms with Gasteiger partial charge in [0.05, 0.1) is 16.7 Å². The van der Waals surface area contributed by atoms with Crippen molar-refractivity contribution < 1.29 is 9.53 Å². The molecule has 9 heteroatoms. The largest absolute Gasteiger partial charge is 0.471 e. The van der Waals surface area contributed by atoms with E-state index < -0.39 is 0 Å². The van der Waals surface area contributed by atoms with Crippen LogP contribution in [0.15, 0.2) is 41.1 Å². The van der Waals surface area contributed by atoms with E-state index in [1.165, 1.54) is 0 Å². The minimum absolute atomic E-state index is 0.195. The summed E-state index contributed by atoms with van der Waals surface area (Å²) in [4.78, 5) is 12.3. The Bertz CT molecular complexity index is 953. The average molecular weight is 453 g/mol. The van der Waals surface area contributed by atoms with E-state index >= 15 is 0 Å². The molecule has 0 bridgehead atoms. The van der Waals surface area contributed by atoms with Crippen LogP contribution in [0.5, 0.6) is 5.75 Å². The van der Waals surface area contributed by atoms with Gasteiger partial charge in [-0.05, 0) is 59.6 Å². The normalized spacial score (nSPS) is 10.8. The van der Waals surface area contributed by atoms with Crippen molar-refractivity contribution in [1.29, 1.82) is 0 Å². The number of aromatic nitrogens is 4. The summed E-state index contributed by atoms with van der Waals surface area (Å²) >= 11 is 9.44. The molecular formula is C18H19BrClN5O2. The molecule has 0 saturated heterocycles. The molecule has 0 atom stereocenters. The molecule has 7 nitrogen and oxygen atoms in total. The van der Waals surface area contributed by atoms with E-state index in [1.54, 1.807) is 33.8 Å². The lowest BCUT2D eigenvalue weighted by atomic mass is 10.2. The summed E-state index contributed by atoms with van der Waals surface area (Å²) in [5, 5.41) is 12.1. The topological polar surface area (TPSA) is 74.0 Å². The van der Waals surface area contributed by atoms with Gasteiger partial charge in [-0.3, -0.25) is 9.48 Å². The highest BCUT2D eigenvalue weighted by atomic mass is 79.9. The van der Waals surface area contributed by atoms with Gasteiger partial charge in [-0.25, -0.2) is 4.68 Å². The monoisotopic (exact) mass is 451 g/mol. The van der Waals surface area contributed by atoms with Crippen molar-refractivity contribution in [3.63, 3.8) is 0 Å². The quantitative estimate of drug-likeness (QED) is 0.592. The highest BCUT2D eigenvalue weighted by molar-refractivity contribution is 9.10. The lowest BCUT2D eigenvalue weighted by Crippen LogP contribution is -2.24. The van der Waals surface area contributed by atoms with Crippen molar-refractivity contribution in [2.45, 2.75) is 33.7 Å². The third-order valence-corrected chi connectivity index (χ3v) is 4.98. The highest BCUT2D eigenvalue weighted by Crippen LogP contribution is 2.21. The molecule has 3 aromatic rings. The molecular weight excluding hydrogens is 434 g/mol.